The molecule has 1 aromatic heterocycles. The lowest BCUT2D eigenvalue weighted by Gasteiger charge is -2.33. The van der Waals surface area contributed by atoms with Crippen LogP contribution in [-0.4, -0.2) is 31.2 Å². The Morgan fingerprint density at radius 1 is 1.20 bits per heavy atom. The number of piperidine rings is 1. The number of nitrogens with zero attached hydrogens (tertiary/aromatic N) is 1. The first kappa shape index (κ1) is 18.8. The molecule has 0 radical (unpaired) electrons. The van der Waals surface area contributed by atoms with Gasteiger partial charge in [0.2, 0.25) is 5.91 Å². The van der Waals surface area contributed by atoms with Crippen LogP contribution in [0.5, 0.6) is 0 Å². The van der Waals surface area contributed by atoms with E-state index in [1.54, 1.807) is 18.2 Å². The van der Waals surface area contributed by atoms with Crippen molar-refractivity contribution in [2.24, 2.45) is 0 Å². The highest BCUT2D eigenvalue weighted by Gasteiger charge is 2.38. The molecule has 1 atom stereocenters. The summed E-state index contributed by atoms with van der Waals surface area (Å²) in [5, 5.41) is 2.81. The summed E-state index contributed by atoms with van der Waals surface area (Å²) in [6.07, 6.45) is 2.05. The van der Waals surface area contributed by atoms with Crippen LogP contribution in [-0.2, 0) is 14.8 Å². The predicted octanol–water partition coefficient (Wildman–Crippen LogP) is 4.35. The Labute approximate surface area is 164 Å². The number of benzene rings is 1. The van der Waals surface area contributed by atoms with E-state index in [4.69, 9.17) is 11.6 Å². The van der Waals surface area contributed by atoms with Crippen LogP contribution in [0.25, 0.3) is 0 Å². The quantitative estimate of drug-likeness (QED) is 0.733. The summed E-state index contributed by atoms with van der Waals surface area (Å²) in [5.41, 5.74) is 0.635. The first-order chi connectivity index (χ1) is 11.9. The Hall–Kier alpha value is -0.930. The second-order valence-corrected chi connectivity index (χ2v) is 10.4. The lowest BCUT2D eigenvalue weighted by atomic mass is 10.0. The molecule has 1 aliphatic heterocycles. The van der Waals surface area contributed by atoms with Gasteiger partial charge in [-0.05, 0) is 49.2 Å². The molecule has 0 saturated carbocycles. The number of anilines is 1. The molecule has 2 aromatic rings. The third-order valence-electron chi connectivity index (χ3n) is 3.98. The fraction of sp³-hybridized carbons (Fsp3) is 0.312. The average Bonchev–Trinajstić information content (AvgIpc) is 3.04. The highest BCUT2D eigenvalue weighted by molar-refractivity contribution is 9.10. The highest BCUT2D eigenvalue weighted by Crippen LogP contribution is 2.32. The third-order valence-corrected chi connectivity index (χ3v) is 8.12. The van der Waals surface area contributed by atoms with E-state index in [1.165, 1.54) is 10.4 Å². The van der Waals surface area contributed by atoms with E-state index >= 15 is 0 Å². The number of hydrogen-bond acceptors (Lipinski definition) is 4. The SMILES string of the molecule is O=C(Nc1ccc(Br)cc1)[C@H]1CCCCN1S(=O)(=O)c1ccc(Cl)s1. The van der Waals surface area contributed by atoms with Gasteiger partial charge < -0.3 is 5.32 Å². The van der Waals surface area contributed by atoms with E-state index in [1.807, 2.05) is 12.1 Å². The van der Waals surface area contributed by atoms with Crippen molar-refractivity contribution in [3.63, 3.8) is 0 Å². The maximum atomic E-state index is 12.9. The summed E-state index contributed by atoms with van der Waals surface area (Å²) >= 11 is 10.2. The second kappa shape index (κ2) is 7.75. The number of halogens is 2. The molecule has 0 unspecified atom stereocenters. The van der Waals surface area contributed by atoms with Crippen LogP contribution in [0.2, 0.25) is 4.34 Å². The standard InChI is InChI=1S/C16H16BrClN2O3S2/c17-11-4-6-12(7-5-11)19-16(21)13-3-1-2-10-20(13)25(22,23)15-9-8-14(18)24-15/h4-9,13H,1-3,10H2,(H,19,21)/t13-/m1/s1. The molecule has 1 saturated heterocycles. The van der Waals surface area contributed by atoms with Crippen molar-refractivity contribution in [2.45, 2.75) is 29.5 Å². The minimum Gasteiger partial charge on any atom is -0.325 e. The number of hydrogen-bond donors (Lipinski definition) is 1. The Kier molecular flexibility index (Phi) is 5.85. The number of carbonyl (C=O) groups excluding carboxylic acids is 1. The summed E-state index contributed by atoms with van der Waals surface area (Å²) in [4.78, 5) is 12.7. The van der Waals surface area contributed by atoms with Gasteiger partial charge in [0.05, 0.1) is 4.34 Å². The zero-order valence-electron chi connectivity index (χ0n) is 13.1. The Morgan fingerprint density at radius 3 is 2.56 bits per heavy atom. The smallest absolute Gasteiger partial charge is 0.253 e. The molecule has 3 rings (SSSR count). The van der Waals surface area contributed by atoms with Gasteiger partial charge in [-0.2, -0.15) is 4.31 Å². The maximum absolute atomic E-state index is 12.9. The van der Waals surface area contributed by atoms with Gasteiger partial charge in [-0.3, -0.25) is 4.79 Å². The summed E-state index contributed by atoms with van der Waals surface area (Å²) in [6, 6.07) is 9.49. The van der Waals surface area contributed by atoms with Crippen LogP contribution in [0, 0.1) is 0 Å². The van der Waals surface area contributed by atoms with Crippen LogP contribution in [0.4, 0.5) is 5.69 Å². The van der Waals surface area contributed by atoms with Gasteiger partial charge in [0.15, 0.2) is 0 Å². The average molecular weight is 464 g/mol. The minimum atomic E-state index is -3.74. The minimum absolute atomic E-state index is 0.167. The summed E-state index contributed by atoms with van der Waals surface area (Å²) < 4.78 is 28.6. The molecule has 134 valence electrons. The third kappa shape index (κ3) is 4.25. The van der Waals surface area contributed by atoms with Crippen molar-refractivity contribution < 1.29 is 13.2 Å². The number of thiophene rings is 1. The molecule has 5 nitrogen and oxygen atoms in total. The Morgan fingerprint density at radius 2 is 1.92 bits per heavy atom. The monoisotopic (exact) mass is 462 g/mol. The lowest BCUT2D eigenvalue weighted by Crippen LogP contribution is -2.49. The van der Waals surface area contributed by atoms with Crippen LogP contribution in [0.1, 0.15) is 19.3 Å². The van der Waals surface area contributed by atoms with Crippen molar-refractivity contribution in [1.82, 2.24) is 4.31 Å². The molecule has 2 heterocycles. The Bertz CT molecular complexity index is 868. The largest absolute Gasteiger partial charge is 0.325 e. The van der Waals surface area contributed by atoms with Gasteiger partial charge >= 0.3 is 0 Å². The number of amides is 1. The highest BCUT2D eigenvalue weighted by atomic mass is 79.9. The summed E-state index contributed by atoms with van der Waals surface area (Å²) in [5.74, 6) is -0.312. The van der Waals surface area contributed by atoms with Gasteiger partial charge in [0, 0.05) is 16.7 Å². The molecule has 0 spiro atoms. The van der Waals surface area contributed by atoms with Crippen LogP contribution in [0.3, 0.4) is 0 Å². The second-order valence-electron chi connectivity index (χ2n) is 5.68. The van der Waals surface area contributed by atoms with E-state index in [0.717, 1.165) is 28.7 Å². The molecule has 1 amide bonds. The van der Waals surface area contributed by atoms with E-state index < -0.39 is 16.1 Å². The number of nitrogens with one attached hydrogen (secondary N) is 1. The summed E-state index contributed by atoms with van der Waals surface area (Å²) in [6.45, 7) is 0.330. The van der Waals surface area contributed by atoms with Crippen molar-refractivity contribution in [1.29, 1.82) is 0 Å². The van der Waals surface area contributed by atoms with Gasteiger partial charge in [0.25, 0.3) is 10.0 Å². The molecule has 0 aliphatic carbocycles. The number of sulfonamides is 1. The summed E-state index contributed by atoms with van der Waals surface area (Å²) in [7, 11) is -3.74. The van der Waals surface area contributed by atoms with Gasteiger partial charge in [-0.25, -0.2) is 8.42 Å². The molecular weight excluding hydrogens is 448 g/mol. The lowest BCUT2D eigenvalue weighted by molar-refractivity contribution is -0.120. The van der Waals surface area contributed by atoms with Crippen molar-refractivity contribution >= 4 is 60.5 Å². The molecule has 1 fully saturated rings. The van der Waals surface area contributed by atoms with Crippen LogP contribution < -0.4 is 5.32 Å². The molecule has 0 bridgehead atoms. The van der Waals surface area contributed by atoms with Gasteiger partial charge in [-0.1, -0.05) is 34.0 Å². The Balaban J connectivity index is 1.83. The van der Waals surface area contributed by atoms with Crippen LogP contribution in [0.15, 0.2) is 45.1 Å². The predicted molar refractivity (Wildman–Crippen MR) is 104 cm³/mol. The van der Waals surface area contributed by atoms with E-state index in [0.29, 0.717) is 23.0 Å². The first-order valence-corrected chi connectivity index (χ1v) is 11.1. The van der Waals surface area contributed by atoms with E-state index in [2.05, 4.69) is 21.2 Å². The van der Waals surface area contributed by atoms with Crippen molar-refractivity contribution in [2.75, 3.05) is 11.9 Å². The molecule has 25 heavy (non-hydrogen) atoms. The first-order valence-electron chi connectivity index (χ1n) is 7.71. The number of carbonyl (C=O) groups is 1. The fourth-order valence-electron chi connectivity index (χ4n) is 2.77. The molecule has 1 N–H and O–H groups in total. The zero-order valence-corrected chi connectivity index (χ0v) is 17.1. The van der Waals surface area contributed by atoms with Gasteiger partial charge in [0.1, 0.15) is 10.3 Å². The number of rotatable bonds is 4. The zero-order chi connectivity index (χ0) is 18.0. The van der Waals surface area contributed by atoms with E-state index in [9.17, 15) is 13.2 Å². The molecular formula is C16H16BrClN2O3S2. The molecule has 9 heteroatoms. The molecule has 1 aliphatic rings. The van der Waals surface area contributed by atoms with Crippen molar-refractivity contribution in [3.8, 4) is 0 Å². The van der Waals surface area contributed by atoms with Crippen LogP contribution >= 0.6 is 38.9 Å². The van der Waals surface area contributed by atoms with E-state index in [-0.39, 0.29) is 10.1 Å². The normalized spacial score (nSPS) is 18.9. The molecule has 1 aromatic carbocycles. The fourth-order valence-corrected chi connectivity index (χ4v) is 6.30. The topological polar surface area (TPSA) is 66.5 Å². The van der Waals surface area contributed by atoms with Crippen molar-refractivity contribution in [3.05, 3.63) is 45.2 Å². The van der Waals surface area contributed by atoms with Gasteiger partial charge in [-0.15, -0.1) is 11.3 Å². The maximum Gasteiger partial charge on any atom is 0.253 e.